The van der Waals surface area contributed by atoms with Crippen LogP contribution in [0.5, 0.6) is 0 Å². The number of carboxylic acids is 1. The number of rotatable bonds is 5. The van der Waals surface area contributed by atoms with Gasteiger partial charge in [-0.15, -0.1) is 11.8 Å². The van der Waals surface area contributed by atoms with Gasteiger partial charge in [0, 0.05) is 31.2 Å². The van der Waals surface area contributed by atoms with Crippen molar-refractivity contribution in [2.45, 2.75) is 31.7 Å². The topological polar surface area (TPSA) is 77.9 Å². The molecule has 2 amide bonds. The molecule has 0 saturated carbocycles. The molecule has 2 aliphatic heterocycles. The smallest absolute Gasteiger partial charge is 0.308 e. The Labute approximate surface area is 157 Å². The van der Waals surface area contributed by atoms with Crippen LogP contribution in [0.2, 0.25) is 0 Å². The molecule has 3 rings (SSSR count). The molecule has 1 N–H and O–H groups in total. The molecule has 2 saturated heterocycles. The van der Waals surface area contributed by atoms with Crippen molar-refractivity contribution >= 4 is 29.5 Å². The average molecular weight is 376 g/mol. The van der Waals surface area contributed by atoms with Crippen LogP contribution in [0.15, 0.2) is 30.3 Å². The Hall–Kier alpha value is -2.02. The third kappa shape index (κ3) is 3.72. The molecule has 6 nitrogen and oxygen atoms in total. The Morgan fingerprint density at radius 2 is 1.92 bits per heavy atom. The second-order valence-electron chi connectivity index (χ2n) is 6.83. The van der Waals surface area contributed by atoms with Gasteiger partial charge in [-0.25, -0.2) is 0 Å². The van der Waals surface area contributed by atoms with Gasteiger partial charge in [0.25, 0.3) is 0 Å². The van der Waals surface area contributed by atoms with E-state index in [9.17, 15) is 19.5 Å². The number of thioether (sulfide) groups is 1. The van der Waals surface area contributed by atoms with Crippen molar-refractivity contribution in [3.05, 3.63) is 35.9 Å². The summed E-state index contributed by atoms with van der Waals surface area (Å²) >= 11 is 1.58. The molecule has 140 valence electrons. The molecule has 0 spiro atoms. The molecule has 26 heavy (non-hydrogen) atoms. The lowest BCUT2D eigenvalue weighted by atomic mass is 9.89. The number of carboxylic acid groups (broad SMARTS) is 1. The molecule has 2 fully saturated rings. The van der Waals surface area contributed by atoms with Crippen molar-refractivity contribution in [1.29, 1.82) is 0 Å². The van der Waals surface area contributed by atoms with Crippen molar-refractivity contribution in [2.24, 2.45) is 5.92 Å². The first kappa shape index (κ1) is 18.8. The van der Waals surface area contributed by atoms with E-state index < -0.39 is 17.9 Å². The summed E-state index contributed by atoms with van der Waals surface area (Å²) in [6.45, 7) is 2.53. The molecule has 7 heteroatoms. The standard InChI is InChI=1S/C19H24N2O4S/c1-2-6-17(22)21-12-26-11-16(21)18(23)20-9-14(15(10-20)19(24)25)13-7-4-3-5-8-13/h3-5,7-8,14-16H,2,6,9-12H2,1H3,(H,24,25)/t14-,15-,16?/m0/s1. The number of carbonyl (C=O) groups excluding carboxylic acids is 2. The van der Waals surface area contributed by atoms with E-state index in [1.807, 2.05) is 37.3 Å². The van der Waals surface area contributed by atoms with Crippen molar-refractivity contribution in [1.82, 2.24) is 9.80 Å². The number of likely N-dealkylation sites (tertiary alicyclic amines) is 1. The number of nitrogens with zero attached hydrogens (tertiary/aromatic N) is 2. The summed E-state index contributed by atoms with van der Waals surface area (Å²) in [5, 5.41) is 9.61. The Morgan fingerprint density at radius 1 is 1.19 bits per heavy atom. The van der Waals surface area contributed by atoms with Crippen LogP contribution in [0.25, 0.3) is 0 Å². The molecule has 0 aromatic heterocycles. The summed E-state index contributed by atoms with van der Waals surface area (Å²) in [6, 6.07) is 9.02. The van der Waals surface area contributed by atoms with Crippen molar-refractivity contribution in [3.8, 4) is 0 Å². The van der Waals surface area contributed by atoms with E-state index in [0.29, 0.717) is 24.6 Å². The van der Waals surface area contributed by atoms with E-state index in [0.717, 1.165) is 12.0 Å². The van der Waals surface area contributed by atoms with Crippen LogP contribution >= 0.6 is 11.8 Å². The van der Waals surface area contributed by atoms with Gasteiger partial charge < -0.3 is 14.9 Å². The lowest BCUT2D eigenvalue weighted by Crippen LogP contribution is -2.48. The first-order valence-electron chi connectivity index (χ1n) is 8.96. The largest absolute Gasteiger partial charge is 0.481 e. The summed E-state index contributed by atoms with van der Waals surface area (Å²) in [5.41, 5.74) is 0.940. The van der Waals surface area contributed by atoms with Gasteiger partial charge in [0.2, 0.25) is 11.8 Å². The fourth-order valence-electron chi connectivity index (χ4n) is 3.73. The summed E-state index contributed by atoms with van der Waals surface area (Å²) in [4.78, 5) is 40.3. The summed E-state index contributed by atoms with van der Waals surface area (Å²) in [5.74, 6) is -0.712. The van der Waals surface area contributed by atoms with Gasteiger partial charge in [0.15, 0.2) is 0 Å². The van der Waals surface area contributed by atoms with E-state index >= 15 is 0 Å². The average Bonchev–Trinajstić information content (AvgIpc) is 3.29. The maximum Gasteiger partial charge on any atom is 0.308 e. The number of amides is 2. The van der Waals surface area contributed by atoms with Crippen LogP contribution in [-0.2, 0) is 14.4 Å². The van der Waals surface area contributed by atoms with E-state index in [1.54, 1.807) is 21.6 Å². The minimum Gasteiger partial charge on any atom is -0.481 e. The third-order valence-corrected chi connectivity index (χ3v) is 6.14. The molecule has 0 radical (unpaired) electrons. The van der Waals surface area contributed by atoms with Crippen LogP contribution in [0.1, 0.15) is 31.2 Å². The predicted octanol–water partition coefficient (Wildman–Crippen LogP) is 2.01. The van der Waals surface area contributed by atoms with Gasteiger partial charge in [0.05, 0.1) is 11.8 Å². The van der Waals surface area contributed by atoms with Crippen LogP contribution < -0.4 is 0 Å². The van der Waals surface area contributed by atoms with E-state index in [-0.39, 0.29) is 24.3 Å². The van der Waals surface area contributed by atoms with Crippen LogP contribution in [0, 0.1) is 5.92 Å². The quantitative estimate of drug-likeness (QED) is 0.851. The number of aliphatic carboxylic acids is 1. The van der Waals surface area contributed by atoms with Gasteiger partial charge in [-0.3, -0.25) is 14.4 Å². The molecule has 1 aromatic rings. The first-order valence-corrected chi connectivity index (χ1v) is 10.1. The Morgan fingerprint density at radius 3 is 2.58 bits per heavy atom. The van der Waals surface area contributed by atoms with Crippen LogP contribution in [0.4, 0.5) is 0 Å². The number of hydrogen-bond donors (Lipinski definition) is 1. The third-order valence-electron chi connectivity index (χ3n) is 5.13. The number of carbonyl (C=O) groups is 3. The highest BCUT2D eigenvalue weighted by molar-refractivity contribution is 7.99. The highest BCUT2D eigenvalue weighted by Gasteiger charge is 2.44. The van der Waals surface area contributed by atoms with E-state index in [1.165, 1.54) is 0 Å². The monoisotopic (exact) mass is 376 g/mol. The molecule has 1 aromatic carbocycles. The maximum atomic E-state index is 13.0. The van der Waals surface area contributed by atoms with Gasteiger partial charge in [0.1, 0.15) is 6.04 Å². The SMILES string of the molecule is CCCC(=O)N1CSCC1C(=O)N1C[C@H](C(=O)O)[C@H](c2ccccc2)C1. The van der Waals surface area contributed by atoms with Gasteiger partial charge in [-0.1, -0.05) is 37.3 Å². The Bertz CT molecular complexity index is 681. The number of hydrogen-bond acceptors (Lipinski definition) is 4. The number of benzene rings is 1. The van der Waals surface area contributed by atoms with E-state index in [2.05, 4.69) is 0 Å². The predicted molar refractivity (Wildman–Crippen MR) is 99.8 cm³/mol. The van der Waals surface area contributed by atoms with Crippen molar-refractivity contribution in [3.63, 3.8) is 0 Å². The van der Waals surface area contributed by atoms with Gasteiger partial charge in [-0.05, 0) is 12.0 Å². The molecule has 2 aliphatic rings. The minimum atomic E-state index is -0.881. The highest BCUT2D eigenvalue weighted by Crippen LogP contribution is 2.34. The van der Waals surface area contributed by atoms with Gasteiger partial charge in [-0.2, -0.15) is 0 Å². The van der Waals surface area contributed by atoms with Crippen LogP contribution in [0.3, 0.4) is 0 Å². The van der Waals surface area contributed by atoms with Crippen molar-refractivity contribution < 1.29 is 19.5 Å². The summed E-state index contributed by atoms with van der Waals surface area (Å²) in [7, 11) is 0. The second kappa shape index (κ2) is 8.12. The summed E-state index contributed by atoms with van der Waals surface area (Å²) < 4.78 is 0. The summed E-state index contributed by atoms with van der Waals surface area (Å²) in [6.07, 6.45) is 1.19. The molecular weight excluding hydrogens is 352 g/mol. The fraction of sp³-hybridized carbons (Fsp3) is 0.526. The van der Waals surface area contributed by atoms with E-state index in [4.69, 9.17) is 0 Å². The van der Waals surface area contributed by atoms with Crippen molar-refractivity contribution in [2.75, 3.05) is 24.7 Å². The zero-order valence-corrected chi connectivity index (χ0v) is 15.7. The Balaban J connectivity index is 1.76. The van der Waals surface area contributed by atoms with Gasteiger partial charge >= 0.3 is 5.97 Å². The molecule has 3 atom stereocenters. The zero-order chi connectivity index (χ0) is 18.7. The Kier molecular flexibility index (Phi) is 5.86. The molecule has 2 heterocycles. The molecular formula is C19H24N2O4S. The lowest BCUT2D eigenvalue weighted by molar-refractivity contribution is -0.144. The van der Waals surface area contributed by atoms with Crippen LogP contribution in [-0.4, -0.2) is 63.5 Å². The maximum absolute atomic E-state index is 13.0. The normalized spacial score (nSPS) is 25.5. The molecule has 0 aliphatic carbocycles. The first-order chi connectivity index (χ1) is 12.5. The fourth-order valence-corrected chi connectivity index (χ4v) is 4.91. The lowest BCUT2D eigenvalue weighted by Gasteiger charge is -2.27. The molecule has 1 unspecified atom stereocenters. The minimum absolute atomic E-state index is 0.00411. The highest BCUT2D eigenvalue weighted by atomic mass is 32.2. The second-order valence-corrected chi connectivity index (χ2v) is 7.83. The molecule has 0 bridgehead atoms. The zero-order valence-electron chi connectivity index (χ0n) is 14.8.